The average Bonchev–Trinajstić information content (AvgIpc) is 2.21. The predicted octanol–water partition coefficient (Wildman–Crippen LogP) is -1.39. The molecule has 2 aliphatic rings. The van der Waals surface area contributed by atoms with Crippen molar-refractivity contribution >= 4 is 18.0 Å². The van der Waals surface area contributed by atoms with Crippen LogP contribution in [0.4, 0.5) is 9.59 Å². The molecule has 2 aliphatic heterocycles. The van der Waals surface area contributed by atoms with Crippen molar-refractivity contribution in [3.8, 4) is 0 Å². The summed E-state index contributed by atoms with van der Waals surface area (Å²) in [7, 11) is 0. The number of amides is 5. The highest BCUT2D eigenvalue weighted by molar-refractivity contribution is 6.07. The van der Waals surface area contributed by atoms with E-state index in [-0.39, 0.29) is 0 Å². The van der Waals surface area contributed by atoms with Crippen molar-refractivity contribution in [2.75, 3.05) is 0 Å². The standard InChI is InChI=1S/C7H10N4O3/c1-6-3(12)8-4(13)10-7(6,2)11-5(14)9-6/h1-2H3,(H2,9,11,14)(H2,8,10,12,13). The first-order valence-corrected chi connectivity index (χ1v) is 4.11. The van der Waals surface area contributed by atoms with Crippen molar-refractivity contribution in [1.29, 1.82) is 0 Å². The summed E-state index contributed by atoms with van der Waals surface area (Å²) >= 11 is 0. The van der Waals surface area contributed by atoms with Gasteiger partial charge >= 0.3 is 12.1 Å². The Bertz CT molecular complexity index is 355. The van der Waals surface area contributed by atoms with Gasteiger partial charge in [0, 0.05) is 0 Å². The van der Waals surface area contributed by atoms with Crippen LogP contribution in [0.25, 0.3) is 0 Å². The molecule has 0 aliphatic carbocycles. The van der Waals surface area contributed by atoms with E-state index in [2.05, 4.69) is 21.3 Å². The van der Waals surface area contributed by atoms with Gasteiger partial charge in [-0.3, -0.25) is 10.1 Å². The first-order chi connectivity index (χ1) is 6.37. The van der Waals surface area contributed by atoms with Crippen molar-refractivity contribution in [3.05, 3.63) is 0 Å². The lowest BCUT2D eigenvalue weighted by Crippen LogP contribution is -2.77. The van der Waals surface area contributed by atoms with Gasteiger partial charge < -0.3 is 16.0 Å². The predicted molar refractivity (Wildman–Crippen MR) is 45.2 cm³/mol. The van der Waals surface area contributed by atoms with Crippen LogP contribution < -0.4 is 21.3 Å². The van der Waals surface area contributed by atoms with Gasteiger partial charge in [-0.25, -0.2) is 9.59 Å². The van der Waals surface area contributed by atoms with Crippen molar-refractivity contribution in [3.63, 3.8) is 0 Å². The minimum Gasteiger partial charge on any atom is -0.320 e. The molecule has 0 aromatic heterocycles. The zero-order chi connectivity index (χ0) is 10.6. The maximum absolute atomic E-state index is 11.5. The SMILES string of the molecule is CC12NC(=O)NC(=O)C1(C)NC(=O)N2. The van der Waals surface area contributed by atoms with E-state index in [1.54, 1.807) is 13.8 Å². The second kappa shape index (κ2) is 2.17. The lowest BCUT2D eigenvalue weighted by Gasteiger charge is -2.41. The van der Waals surface area contributed by atoms with E-state index in [1.807, 2.05) is 0 Å². The van der Waals surface area contributed by atoms with Crippen LogP contribution in [0.15, 0.2) is 0 Å². The summed E-state index contributed by atoms with van der Waals surface area (Å²) in [5.41, 5.74) is -2.23. The first-order valence-electron chi connectivity index (χ1n) is 4.11. The highest BCUT2D eigenvalue weighted by Crippen LogP contribution is 2.26. The molecule has 2 atom stereocenters. The van der Waals surface area contributed by atoms with Crippen molar-refractivity contribution < 1.29 is 14.4 Å². The number of hydrogen-bond donors (Lipinski definition) is 4. The number of carbonyl (C=O) groups excluding carboxylic acids is 3. The molecule has 0 saturated carbocycles. The molecule has 76 valence electrons. The summed E-state index contributed by atoms with van der Waals surface area (Å²) in [5, 5.41) is 9.54. The quantitative estimate of drug-likeness (QED) is 0.385. The molecule has 0 aromatic carbocycles. The second-order valence-corrected chi connectivity index (χ2v) is 3.74. The Balaban J connectivity index is 2.46. The number of nitrogens with one attached hydrogen (secondary N) is 4. The van der Waals surface area contributed by atoms with E-state index in [1.165, 1.54) is 0 Å². The van der Waals surface area contributed by atoms with Gasteiger partial charge in [0.15, 0.2) is 5.54 Å². The number of carbonyl (C=O) groups is 3. The van der Waals surface area contributed by atoms with Gasteiger partial charge in [-0.15, -0.1) is 0 Å². The van der Waals surface area contributed by atoms with Crippen LogP contribution in [0.3, 0.4) is 0 Å². The lowest BCUT2D eigenvalue weighted by molar-refractivity contribution is -0.129. The summed E-state index contributed by atoms with van der Waals surface area (Å²) in [4.78, 5) is 33.7. The van der Waals surface area contributed by atoms with Gasteiger partial charge in [0.2, 0.25) is 0 Å². The Morgan fingerprint density at radius 1 is 0.929 bits per heavy atom. The van der Waals surface area contributed by atoms with E-state index in [9.17, 15) is 14.4 Å². The number of rotatable bonds is 0. The normalized spacial score (nSPS) is 40.6. The zero-order valence-electron chi connectivity index (χ0n) is 7.72. The average molecular weight is 198 g/mol. The topological polar surface area (TPSA) is 99.3 Å². The van der Waals surface area contributed by atoms with E-state index in [0.29, 0.717) is 0 Å². The Kier molecular flexibility index (Phi) is 1.36. The minimum atomic E-state index is -1.15. The molecule has 0 spiro atoms. The van der Waals surface area contributed by atoms with E-state index >= 15 is 0 Å². The van der Waals surface area contributed by atoms with Crippen LogP contribution in [0.2, 0.25) is 0 Å². The lowest BCUT2D eigenvalue weighted by atomic mass is 9.86. The van der Waals surface area contributed by atoms with Crippen LogP contribution in [0, 0.1) is 0 Å². The molecule has 2 saturated heterocycles. The van der Waals surface area contributed by atoms with Gasteiger partial charge in [-0.1, -0.05) is 0 Å². The Labute approximate surface area is 79.6 Å². The van der Waals surface area contributed by atoms with Gasteiger partial charge in [0.25, 0.3) is 5.91 Å². The molecular weight excluding hydrogens is 188 g/mol. The number of fused-ring (bicyclic) bond motifs is 1. The Hall–Kier alpha value is -1.79. The second-order valence-electron chi connectivity index (χ2n) is 3.74. The van der Waals surface area contributed by atoms with Gasteiger partial charge in [-0.2, -0.15) is 0 Å². The molecule has 4 N–H and O–H groups in total. The fourth-order valence-electron chi connectivity index (χ4n) is 1.66. The molecule has 0 aromatic rings. The Morgan fingerprint density at radius 2 is 1.50 bits per heavy atom. The fraction of sp³-hybridized carbons (Fsp3) is 0.571. The molecular formula is C7H10N4O3. The molecule has 2 rings (SSSR count). The third kappa shape index (κ3) is 0.835. The molecule has 0 bridgehead atoms. The molecule has 5 amide bonds. The van der Waals surface area contributed by atoms with Crippen LogP contribution in [-0.4, -0.2) is 29.2 Å². The van der Waals surface area contributed by atoms with Crippen LogP contribution >= 0.6 is 0 Å². The van der Waals surface area contributed by atoms with Gasteiger partial charge in [0.1, 0.15) is 5.66 Å². The van der Waals surface area contributed by atoms with Crippen molar-refractivity contribution in [1.82, 2.24) is 21.3 Å². The minimum absolute atomic E-state index is 0.479. The summed E-state index contributed by atoms with van der Waals surface area (Å²) in [6.07, 6.45) is 0. The van der Waals surface area contributed by atoms with Gasteiger partial charge in [-0.05, 0) is 13.8 Å². The highest BCUT2D eigenvalue weighted by atomic mass is 16.2. The summed E-state index contributed by atoms with van der Waals surface area (Å²) < 4.78 is 0. The third-order valence-corrected chi connectivity index (χ3v) is 2.77. The molecule has 7 nitrogen and oxygen atoms in total. The summed E-state index contributed by atoms with van der Waals surface area (Å²) in [6.45, 7) is 3.11. The Morgan fingerprint density at radius 3 is 2.14 bits per heavy atom. The van der Waals surface area contributed by atoms with Crippen LogP contribution in [0.5, 0.6) is 0 Å². The smallest absolute Gasteiger partial charge is 0.320 e. The highest BCUT2D eigenvalue weighted by Gasteiger charge is 2.61. The molecule has 14 heavy (non-hydrogen) atoms. The third-order valence-electron chi connectivity index (χ3n) is 2.77. The first kappa shape index (κ1) is 8.79. The monoisotopic (exact) mass is 198 g/mol. The molecule has 2 heterocycles. The van der Waals surface area contributed by atoms with Crippen LogP contribution in [-0.2, 0) is 4.79 Å². The molecule has 2 unspecified atom stereocenters. The molecule has 7 heteroatoms. The maximum Gasteiger partial charge on any atom is 0.323 e. The maximum atomic E-state index is 11.5. The number of urea groups is 2. The number of hydrogen-bond acceptors (Lipinski definition) is 3. The van der Waals surface area contributed by atoms with E-state index < -0.39 is 29.2 Å². The molecule has 0 radical (unpaired) electrons. The van der Waals surface area contributed by atoms with E-state index in [0.717, 1.165) is 0 Å². The fourth-order valence-corrected chi connectivity index (χ4v) is 1.66. The van der Waals surface area contributed by atoms with Crippen molar-refractivity contribution in [2.45, 2.75) is 25.0 Å². The van der Waals surface area contributed by atoms with Gasteiger partial charge in [0.05, 0.1) is 0 Å². The largest absolute Gasteiger partial charge is 0.323 e. The van der Waals surface area contributed by atoms with Crippen molar-refractivity contribution in [2.24, 2.45) is 0 Å². The zero-order valence-corrected chi connectivity index (χ0v) is 7.72. The summed E-state index contributed by atoms with van der Waals surface area (Å²) in [5.74, 6) is -0.526. The van der Waals surface area contributed by atoms with Crippen LogP contribution in [0.1, 0.15) is 13.8 Å². The summed E-state index contributed by atoms with van der Waals surface area (Å²) in [6, 6.07) is -1.09. The number of imide groups is 1. The van der Waals surface area contributed by atoms with E-state index in [4.69, 9.17) is 0 Å². The molecule has 2 fully saturated rings.